The number of anilines is 1. The van der Waals surface area contributed by atoms with E-state index in [0.717, 1.165) is 23.2 Å². The normalized spacial score (nSPS) is 13.9. The Bertz CT molecular complexity index is 1160. The summed E-state index contributed by atoms with van der Waals surface area (Å²) in [5.74, 6) is -0.441. The van der Waals surface area contributed by atoms with Gasteiger partial charge in [-0.25, -0.2) is 0 Å². The first-order valence-electron chi connectivity index (χ1n) is 11.2. The van der Waals surface area contributed by atoms with Crippen LogP contribution in [0.25, 0.3) is 0 Å². The molecule has 0 heterocycles. The zero-order valence-electron chi connectivity index (χ0n) is 19.1. The molecule has 0 bridgehead atoms. The summed E-state index contributed by atoms with van der Waals surface area (Å²) in [6.45, 7) is 2.76. The average Bonchev–Trinajstić information content (AvgIpc) is 3.18. The molecule has 0 aliphatic heterocycles. The molecule has 2 N–H and O–H groups in total. The predicted molar refractivity (Wildman–Crippen MR) is 129 cm³/mol. The lowest BCUT2D eigenvalue weighted by atomic mass is 9.79. The van der Waals surface area contributed by atoms with Gasteiger partial charge in [0.2, 0.25) is 0 Å². The van der Waals surface area contributed by atoms with Crippen molar-refractivity contribution in [2.75, 3.05) is 19.0 Å². The van der Waals surface area contributed by atoms with E-state index < -0.39 is 11.4 Å². The third kappa shape index (κ3) is 4.92. The standard InChI is InChI=1S/C28H29NO4/c1-19-6-5-7-20(14-19)12-13-29-24-15-21(10-11-26(24)33-2)25(30)18-28(27(31)32)16-22-8-3-4-9-23(22)17-28/h3-11,14-15,29H,12-13,16-18H2,1-2H3,(H,31,32). The highest BCUT2D eigenvalue weighted by molar-refractivity contribution is 6.00. The molecule has 0 fully saturated rings. The molecule has 170 valence electrons. The highest BCUT2D eigenvalue weighted by Crippen LogP contribution is 2.41. The summed E-state index contributed by atoms with van der Waals surface area (Å²) in [5, 5.41) is 13.4. The van der Waals surface area contributed by atoms with Gasteiger partial charge in [0.1, 0.15) is 5.75 Å². The number of Topliss-reactive ketones (excluding diaryl/α,β-unsaturated/α-hetero) is 1. The van der Waals surface area contributed by atoms with E-state index in [4.69, 9.17) is 4.74 Å². The van der Waals surface area contributed by atoms with Crippen LogP contribution >= 0.6 is 0 Å². The minimum absolute atomic E-state index is 0.0356. The summed E-state index contributed by atoms with van der Waals surface area (Å²) in [7, 11) is 1.59. The quantitative estimate of drug-likeness (QED) is 0.450. The molecule has 0 saturated carbocycles. The lowest BCUT2D eigenvalue weighted by molar-refractivity contribution is -0.148. The molecule has 0 unspecified atom stereocenters. The number of carboxylic acids is 1. The van der Waals surface area contributed by atoms with E-state index in [0.29, 0.717) is 30.7 Å². The van der Waals surface area contributed by atoms with E-state index in [2.05, 4.69) is 30.4 Å². The molecule has 3 aromatic carbocycles. The summed E-state index contributed by atoms with van der Waals surface area (Å²) < 4.78 is 5.47. The number of aliphatic carboxylic acids is 1. The monoisotopic (exact) mass is 443 g/mol. The summed E-state index contributed by atoms with van der Waals surface area (Å²) >= 11 is 0. The van der Waals surface area contributed by atoms with Crippen LogP contribution in [0.1, 0.15) is 39.0 Å². The van der Waals surface area contributed by atoms with Gasteiger partial charge in [0.25, 0.3) is 0 Å². The molecule has 0 amide bonds. The summed E-state index contributed by atoms with van der Waals surface area (Å²) in [4.78, 5) is 25.5. The molecule has 1 aliphatic carbocycles. The second kappa shape index (κ2) is 9.49. The van der Waals surface area contributed by atoms with E-state index in [-0.39, 0.29) is 12.2 Å². The first-order valence-corrected chi connectivity index (χ1v) is 11.2. The number of nitrogens with one attached hydrogen (secondary N) is 1. The molecule has 1 aliphatic rings. The van der Waals surface area contributed by atoms with Crippen LogP contribution in [0.3, 0.4) is 0 Å². The highest BCUT2D eigenvalue weighted by Gasteiger charge is 2.45. The average molecular weight is 444 g/mol. The first-order chi connectivity index (χ1) is 15.9. The Balaban J connectivity index is 1.49. The van der Waals surface area contributed by atoms with Crippen LogP contribution in [0.5, 0.6) is 5.75 Å². The maximum absolute atomic E-state index is 13.2. The van der Waals surface area contributed by atoms with Crippen molar-refractivity contribution in [3.05, 3.63) is 94.5 Å². The fraction of sp³-hybridized carbons (Fsp3) is 0.286. The number of benzene rings is 3. The number of carbonyl (C=O) groups excluding carboxylic acids is 1. The van der Waals surface area contributed by atoms with Gasteiger partial charge in [-0.15, -0.1) is 0 Å². The van der Waals surface area contributed by atoms with Gasteiger partial charge >= 0.3 is 5.97 Å². The van der Waals surface area contributed by atoms with Gasteiger partial charge in [-0.3, -0.25) is 9.59 Å². The Morgan fingerprint density at radius 1 is 1.00 bits per heavy atom. The fourth-order valence-corrected chi connectivity index (χ4v) is 4.68. The molecule has 0 saturated heterocycles. The summed E-state index contributed by atoms with van der Waals surface area (Å²) in [6, 6.07) is 21.3. The second-order valence-electron chi connectivity index (χ2n) is 8.89. The van der Waals surface area contributed by atoms with Crippen LogP contribution < -0.4 is 10.1 Å². The van der Waals surface area contributed by atoms with E-state index in [1.54, 1.807) is 25.3 Å². The number of ether oxygens (including phenoxy) is 1. The van der Waals surface area contributed by atoms with Crippen molar-refractivity contribution in [2.45, 2.75) is 32.6 Å². The predicted octanol–water partition coefficient (Wildman–Crippen LogP) is 5.10. The van der Waals surface area contributed by atoms with Crippen molar-refractivity contribution in [2.24, 2.45) is 5.41 Å². The fourth-order valence-electron chi connectivity index (χ4n) is 4.68. The van der Waals surface area contributed by atoms with Gasteiger partial charge < -0.3 is 15.2 Å². The Morgan fingerprint density at radius 3 is 2.36 bits per heavy atom. The molecule has 0 aromatic heterocycles. The van der Waals surface area contributed by atoms with Crippen molar-refractivity contribution < 1.29 is 19.4 Å². The van der Waals surface area contributed by atoms with Crippen molar-refractivity contribution in [1.82, 2.24) is 0 Å². The van der Waals surface area contributed by atoms with Gasteiger partial charge in [0.05, 0.1) is 18.2 Å². The minimum Gasteiger partial charge on any atom is -0.495 e. The zero-order chi connectivity index (χ0) is 23.4. The number of carbonyl (C=O) groups is 2. The van der Waals surface area contributed by atoms with E-state index in [1.165, 1.54) is 11.1 Å². The zero-order valence-corrected chi connectivity index (χ0v) is 19.1. The van der Waals surface area contributed by atoms with E-state index in [1.807, 2.05) is 30.3 Å². The molecular weight excluding hydrogens is 414 g/mol. The van der Waals surface area contributed by atoms with Gasteiger partial charge in [-0.05, 0) is 61.1 Å². The molecule has 0 atom stereocenters. The van der Waals surface area contributed by atoms with Gasteiger partial charge in [-0.2, -0.15) is 0 Å². The van der Waals surface area contributed by atoms with Crippen LogP contribution in [0.15, 0.2) is 66.7 Å². The maximum Gasteiger partial charge on any atom is 0.310 e. The van der Waals surface area contributed by atoms with Crippen molar-refractivity contribution in [3.8, 4) is 5.75 Å². The topological polar surface area (TPSA) is 75.6 Å². The van der Waals surface area contributed by atoms with Crippen molar-refractivity contribution in [1.29, 1.82) is 0 Å². The Hall–Kier alpha value is -3.60. The molecular formula is C28H29NO4. The number of rotatable bonds is 9. The SMILES string of the molecule is COc1ccc(C(=O)CC2(C(=O)O)Cc3ccccc3C2)cc1NCCc1cccc(C)c1. The van der Waals surface area contributed by atoms with Gasteiger partial charge in [-0.1, -0.05) is 54.1 Å². The van der Waals surface area contributed by atoms with Crippen molar-refractivity contribution in [3.63, 3.8) is 0 Å². The van der Waals surface area contributed by atoms with Gasteiger partial charge in [0, 0.05) is 18.5 Å². The number of methoxy groups -OCH3 is 1. The van der Waals surface area contributed by atoms with Crippen LogP contribution in [-0.4, -0.2) is 30.5 Å². The van der Waals surface area contributed by atoms with E-state index >= 15 is 0 Å². The summed E-state index contributed by atoms with van der Waals surface area (Å²) in [5.41, 5.74) is 4.61. The largest absolute Gasteiger partial charge is 0.495 e. The molecule has 4 rings (SSSR count). The lowest BCUT2D eigenvalue weighted by Gasteiger charge is -2.23. The molecule has 0 radical (unpaired) electrons. The second-order valence-corrected chi connectivity index (χ2v) is 8.89. The third-order valence-electron chi connectivity index (χ3n) is 6.46. The van der Waals surface area contributed by atoms with Crippen LogP contribution in [-0.2, 0) is 24.1 Å². The molecule has 5 heteroatoms. The number of hydrogen-bond acceptors (Lipinski definition) is 4. The molecule has 0 spiro atoms. The number of hydrogen-bond donors (Lipinski definition) is 2. The van der Waals surface area contributed by atoms with Crippen LogP contribution in [0, 0.1) is 12.3 Å². The smallest absolute Gasteiger partial charge is 0.310 e. The summed E-state index contributed by atoms with van der Waals surface area (Å²) in [6.07, 6.45) is 1.56. The number of aryl methyl sites for hydroxylation is 1. The minimum atomic E-state index is -1.10. The van der Waals surface area contributed by atoms with Crippen molar-refractivity contribution >= 4 is 17.4 Å². The Kier molecular flexibility index (Phi) is 6.50. The van der Waals surface area contributed by atoms with Gasteiger partial charge in [0.15, 0.2) is 5.78 Å². The molecule has 5 nitrogen and oxygen atoms in total. The lowest BCUT2D eigenvalue weighted by Crippen LogP contribution is -2.34. The Labute approximate surface area is 194 Å². The molecule has 33 heavy (non-hydrogen) atoms. The third-order valence-corrected chi connectivity index (χ3v) is 6.46. The number of carboxylic acid groups (broad SMARTS) is 1. The highest BCUT2D eigenvalue weighted by atomic mass is 16.5. The first kappa shape index (κ1) is 22.6. The molecule has 3 aromatic rings. The van der Waals surface area contributed by atoms with Crippen LogP contribution in [0.4, 0.5) is 5.69 Å². The van der Waals surface area contributed by atoms with E-state index in [9.17, 15) is 14.7 Å². The van der Waals surface area contributed by atoms with Crippen LogP contribution in [0.2, 0.25) is 0 Å². The number of fused-ring (bicyclic) bond motifs is 1. The maximum atomic E-state index is 13.2. The Morgan fingerprint density at radius 2 is 1.73 bits per heavy atom. The number of ketones is 1.